The monoisotopic (exact) mass is 268 g/mol. The Labute approximate surface area is 116 Å². The van der Waals surface area contributed by atoms with Crippen molar-refractivity contribution < 1.29 is 9.59 Å². The molecule has 1 N–H and O–H groups in total. The lowest BCUT2D eigenvalue weighted by molar-refractivity contribution is -0.152. The van der Waals surface area contributed by atoms with E-state index in [1.165, 1.54) is 4.90 Å². The van der Waals surface area contributed by atoms with Crippen LogP contribution in [0.3, 0.4) is 0 Å². The van der Waals surface area contributed by atoms with E-state index in [0.717, 1.165) is 25.8 Å². The second kappa shape index (κ2) is 7.04. The molecule has 1 heterocycles. The molecule has 1 unspecified atom stereocenters. The minimum absolute atomic E-state index is 0.0133. The van der Waals surface area contributed by atoms with Gasteiger partial charge in [-0.25, -0.2) is 0 Å². The lowest BCUT2D eigenvalue weighted by Crippen LogP contribution is -2.51. The predicted octanol–water partition coefficient (Wildman–Crippen LogP) is 2.33. The summed E-state index contributed by atoms with van der Waals surface area (Å²) in [6.07, 6.45) is 4.08. The van der Waals surface area contributed by atoms with E-state index in [1.807, 2.05) is 13.8 Å². The van der Waals surface area contributed by atoms with Gasteiger partial charge in [-0.15, -0.1) is 0 Å². The van der Waals surface area contributed by atoms with Gasteiger partial charge in [-0.3, -0.25) is 14.5 Å². The van der Waals surface area contributed by atoms with E-state index in [-0.39, 0.29) is 23.3 Å². The second-order valence-corrected chi connectivity index (χ2v) is 6.36. The zero-order valence-electron chi connectivity index (χ0n) is 12.8. The third-order valence-corrected chi connectivity index (χ3v) is 3.58. The van der Waals surface area contributed by atoms with Gasteiger partial charge in [0.05, 0.1) is 0 Å². The van der Waals surface area contributed by atoms with Crippen LogP contribution in [0.15, 0.2) is 0 Å². The fourth-order valence-corrected chi connectivity index (χ4v) is 2.59. The van der Waals surface area contributed by atoms with Crippen LogP contribution in [-0.4, -0.2) is 35.8 Å². The van der Waals surface area contributed by atoms with Crippen LogP contribution < -0.4 is 5.32 Å². The van der Waals surface area contributed by atoms with Crippen LogP contribution in [0.4, 0.5) is 0 Å². The summed E-state index contributed by atoms with van der Waals surface area (Å²) in [6, 6.07) is 0.235. The SMILES string of the molecule is CCCNC(CCC)CN1C(=O)CC(C)(C)CC1=O. The molecule has 0 aromatic rings. The van der Waals surface area contributed by atoms with E-state index in [1.54, 1.807) is 0 Å². The standard InChI is InChI=1S/C15H28N2O2/c1-5-7-12(16-8-6-2)11-17-13(18)9-15(3,4)10-14(17)19/h12,16H,5-11H2,1-4H3. The smallest absolute Gasteiger partial charge is 0.229 e. The average molecular weight is 268 g/mol. The number of hydrogen-bond acceptors (Lipinski definition) is 3. The average Bonchev–Trinajstić information content (AvgIpc) is 2.29. The van der Waals surface area contributed by atoms with Crippen molar-refractivity contribution in [1.82, 2.24) is 10.2 Å². The number of nitrogens with zero attached hydrogens (tertiary/aromatic N) is 1. The maximum atomic E-state index is 12.1. The molecule has 1 aliphatic rings. The van der Waals surface area contributed by atoms with E-state index < -0.39 is 0 Å². The highest BCUT2D eigenvalue weighted by molar-refractivity contribution is 5.98. The van der Waals surface area contributed by atoms with Crippen molar-refractivity contribution in [2.45, 2.75) is 65.8 Å². The van der Waals surface area contributed by atoms with Crippen molar-refractivity contribution in [3.05, 3.63) is 0 Å². The van der Waals surface area contributed by atoms with Crippen molar-refractivity contribution in [1.29, 1.82) is 0 Å². The maximum absolute atomic E-state index is 12.1. The van der Waals surface area contributed by atoms with Crippen LogP contribution in [0.1, 0.15) is 59.8 Å². The summed E-state index contributed by atoms with van der Waals surface area (Å²) >= 11 is 0. The van der Waals surface area contributed by atoms with E-state index in [2.05, 4.69) is 19.2 Å². The third kappa shape index (κ3) is 4.94. The Morgan fingerprint density at radius 1 is 1.16 bits per heavy atom. The second-order valence-electron chi connectivity index (χ2n) is 6.36. The van der Waals surface area contributed by atoms with E-state index in [9.17, 15) is 9.59 Å². The number of hydrogen-bond donors (Lipinski definition) is 1. The summed E-state index contributed by atoms with van der Waals surface area (Å²) in [5.41, 5.74) is -0.179. The highest BCUT2D eigenvalue weighted by Gasteiger charge is 2.37. The molecule has 1 fully saturated rings. The number of rotatable bonds is 7. The first kappa shape index (κ1) is 16.2. The molecule has 4 nitrogen and oxygen atoms in total. The first-order chi connectivity index (χ1) is 8.89. The summed E-state index contributed by atoms with van der Waals surface area (Å²) in [7, 11) is 0. The van der Waals surface area contributed by atoms with Crippen molar-refractivity contribution in [2.24, 2.45) is 5.41 Å². The van der Waals surface area contributed by atoms with Crippen LogP contribution in [0.2, 0.25) is 0 Å². The van der Waals surface area contributed by atoms with Crippen LogP contribution >= 0.6 is 0 Å². The molecule has 19 heavy (non-hydrogen) atoms. The molecule has 0 radical (unpaired) electrons. The Morgan fingerprint density at radius 2 is 1.74 bits per heavy atom. The molecule has 1 rings (SSSR count). The Balaban J connectivity index is 2.62. The molecule has 110 valence electrons. The molecular weight excluding hydrogens is 240 g/mol. The number of imide groups is 1. The topological polar surface area (TPSA) is 49.4 Å². The van der Waals surface area contributed by atoms with E-state index >= 15 is 0 Å². The van der Waals surface area contributed by atoms with E-state index in [4.69, 9.17) is 0 Å². The number of amides is 2. The van der Waals surface area contributed by atoms with Crippen molar-refractivity contribution >= 4 is 11.8 Å². The molecule has 0 saturated carbocycles. The Hall–Kier alpha value is -0.900. The maximum Gasteiger partial charge on any atom is 0.229 e. The first-order valence-corrected chi connectivity index (χ1v) is 7.46. The molecule has 0 aliphatic carbocycles. The van der Waals surface area contributed by atoms with Crippen LogP contribution in [0.25, 0.3) is 0 Å². The zero-order valence-corrected chi connectivity index (χ0v) is 12.8. The first-order valence-electron chi connectivity index (χ1n) is 7.46. The quantitative estimate of drug-likeness (QED) is 0.721. The minimum Gasteiger partial charge on any atom is -0.312 e. The fraction of sp³-hybridized carbons (Fsp3) is 0.867. The number of nitrogens with one attached hydrogen (secondary N) is 1. The summed E-state index contributed by atoms with van der Waals surface area (Å²) in [4.78, 5) is 25.7. The van der Waals surface area contributed by atoms with Crippen molar-refractivity contribution in [3.63, 3.8) is 0 Å². The largest absolute Gasteiger partial charge is 0.312 e. The summed E-state index contributed by atoms with van der Waals surface area (Å²) in [5.74, 6) is -0.0266. The molecular formula is C15H28N2O2. The Morgan fingerprint density at radius 3 is 2.21 bits per heavy atom. The molecule has 1 aliphatic heterocycles. The number of likely N-dealkylation sites (tertiary alicyclic amines) is 1. The van der Waals surface area contributed by atoms with Gasteiger partial charge < -0.3 is 5.32 Å². The van der Waals surface area contributed by atoms with Gasteiger partial charge >= 0.3 is 0 Å². The summed E-state index contributed by atoms with van der Waals surface area (Å²) in [6.45, 7) is 9.69. The van der Waals surface area contributed by atoms with Crippen molar-refractivity contribution in [2.75, 3.05) is 13.1 Å². The molecule has 1 saturated heterocycles. The van der Waals surface area contributed by atoms with Gasteiger partial charge in [0, 0.05) is 25.4 Å². The van der Waals surface area contributed by atoms with Crippen LogP contribution in [0, 0.1) is 5.41 Å². The molecule has 4 heteroatoms. The van der Waals surface area contributed by atoms with Gasteiger partial charge in [-0.1, -0.05) is 34.1 Å². The number of carbonyl (C=O) groups excluding carboxylic acids is 2. The normalized spacial score (nSPS) is 20.7. The van der Waals surface area contributed by atoms with Gasteiger partial charge in [0.1, 0.15) is 0 Å². The molecule has 0 aromatic heterocycles. The molecule has 0 bridgehead atoms. The van der Waals surface area contributed by atoms with Gasteiger partial charge in [-0.2, -0.15) is 0 Å². The van der Waals surface area contributed by atoms with Crippen molar-refractivity contribution in [3.8, 4) is 0 Å². The lowest BCUT2D eigenvalue weighted by atomic mass is 9.81. The lowest BCUT2D eigenvalue weighted by Gasteiger charge is -2.36. The Kier molecular flexibility index (Phi) is 5.98. The van der Waals surface area contributed by atoms with Gasteiger partial charge in [0.25, 0.3) is 0 Å². The Bertz CT molecular complexity index is 306. The predicted molar refractivity (Wildman–Crippen MR) is 76.7 cm³/mol. The van der Waals surface area contributed by atoms with E-state index in [0.29, 0.717) is 19.4 Å². The summed E-state index contributed by atoms with van der Waals surface area (Å²) in [5, 5.41) is 3.43. The van der Waals surface area contributed by atoms with Gasteiger partial charge in [0.15, 0.2) is 0 Å². The number of piperidine rings is 1. The van der Waals surface area contributed by atoms with Crippen LogP contribution in [0.5, 0.6) is 0 Å². The molecule has 1 atom stereocenters. The minimum atomic E-state index is -0.179. The molecule has 0 aromatic carbocycles. The van der Waals surface area contributed by atoms with Crippen LogP contribution in [-0.2, 0) is 9.59 Å². The zero-order chi connectivity index (χ0) is 14.5. The molecule has 0 spiro atoms. The highest BCUT2D eigenvalue weighted by atomic mass is 16.2. The summed E-state index contributed by atoms with van der Waals surface area (Å²) < 4.78 is 0. The van der Waals surface area contributed by atoms with Gasteiger partial charge in [-0.05, 0) is 24.8 Å². The fourth-order valence-electron chi connectivity index (χ4n) is 2.59. The number of carbonyl (C=O) groups is 2. The molecule has 2 amide bonds. The van der Waals surface area contributed by atoms with Gasteiger partial charge in [0.2, 0.25) is 11.8 Å². The third-order valence-electron chi connectivity index (χ3n) is 3.58. The highest BCUT2D eigenvalue weighted by Crippen LogP contribution is 2.31.